The Labute approximate surface area is 128 Å². The molecule has 0 aliphatic heterocycles. The predicted molar refractivity (Wildman–Crippen MR) is 85.0 cm³/mol. The van der Waals surface area contributed by atoms with Gasteiger partial charge in [-0.15, -0.1) is 11.3 Å². The molecule has 0 saturated carbocycles. The molecule has 0 spiro atoms. The van der Waals surface area contributed by atoms with E-state index >= 15 is 0 Å². The van der Waals surface area contributed by atoms with Crippen LogP contribution >= 0.6 is 43.2 Å². The van der Waals surface area contributed by atoms with Crippen LogP contribution in [0.3, 0.4) is 0 Å². The molecule has 18 heavy (non-hydrogen) atoms. The maximum Gasteiger partial charge on any atom is 0.120 e. The summed E-state index contributed by atoms with van der Waals surface area (Å²) >= 11 is 9.06. The summed E-state index contributed by atoms with van der Waals surface area (Å²) in [7, 11) is 0. The Morgan fingerprint density at radius 2 is 2.00 bits per heavy atom. The average Bonchev–Trinajstić information content (AvgIpc) is 2.74. The van der Waals surface area contributed by atoms with E-state index in [1.165, 1.54) is 10.4 Å². The van der Waals surface area contributed by atoms with Crippen LogP contribution in [0.25, 0.3) is 0 Å². The Morgan fingerprint density at radius 1 is 1.22 bits per heavy atom. The Balaban J connectivity index is 2.25. The number of hydrogen-bond donors (Lipinski definition) is 0. The van der Waals surface area contributed by atoms with E-state index in [1.54, 1.807) is 11.3 Å². The molecule has 0 aliphatic rings. The number of rotatable bonds is 4. The molecule has 1 aromatic carbocycles. The van der Waals surface area contributed by atoms with E-state index in [1.807, 2.05) is 26.0 Å². The molecule has 0 radical (unpaired) electrons. The van der Waals surface area contributed by atoms with Crippen LogP contribution in [0.5, 0.6) is 5.75 Å². The molecule has 1 unspecified atom stereocenters. The van der Waals surface area contributed by atoms with Crippen molar-refractivity contribution in [3.63, 3.8) is 0 Å². The third-order valence-corrected chi connectivity index (χ3v) is 5.62. The summed E-state index contributed by atoms with van der Waals surface area (Å²) in [6, 6.07) is 10.3. The lowest BCUT2D eigenvalue weighted by Gasteiger charge is -2.13. The van der Waals surface area contributed by atoms with Crippen molar-refractivity contribution < 1.29 is 4.74 Å². The lowest BCUT2D eigenvalue weighted by atomic mass is 10.1. The van der Waals surface area contributed by atoms with Crippen LogP contribution in [0.2, 0.25) is 0 Å². The van der Waals surface area contributed by atoms with Crippen LogP contribution in [0, 0.1) is 0 Å². The molecule has 4 heteroatoms. The smallest absolute Gasteiger partial charge is 0.120 e. The molecule has 0 fully saturated rings. The van der Waals surface area contributed by atoms with E-state index in [4.69, 9.17) is 4.74 Å². The molecule has 1 heterocycles. The standard InChI is InChI=1S/C14H14Br2OS/c1-9(2)17-11-5-3-4-10(8-11)13(16)14-12(15)6-7-18-14/h3-9,13H,1-2H3. The second-order valence-corrected chi connectivity index (χ2v) is 6.95. The predicted octanol–water partition coefficient (Wildman–Crippen LogP) is 5.78. The topological polar surface area (TPSA) is 9.23 Å². The summed E-state index contributed by atoms with van der Waals surface area (Å²) in [6.07, 6.45) is 0.197. The minimum Gasteiger partial charge on any atom is -0.491 e. The van der Waals surface area contributed by atoms with Gasteiger partial charge in [0, 0.05) is 9.35 Å². The van der Waals surface area contributed by atoms with Gasteiger partial charge in [-0.25, -0.2) is 0 Å². The second kappa shape index (κ2) is 6.22. The number of benzene rings is 1. The third-order valence-electron chi connectivity index (χ3n) is 2.40. The van der Waals surface area contributed by atoms with Gasteiger partial charge < -0.3 is 4.74 Å². The summed E-state index contributed by atoms with van der Waals surface area (Å²) in [5, 5.41) is 2.09. The normalized spacial score (nSPS) is 12.7. The lowest BCUT2D eigenvalue weighted by molar-refractivity contribution is 0.242. The van der Waals surface area contributed by atoms with Gasteiger partial charge in [0.2, 0.25) is 0 Å². The first kappa shape index (κ1) is 14.1. The maximum atomic E-state index is 5.72. The van der Waals surface area contributed by atoms with E-state index in [-0.39, 0.29) is 10.9 Å². The zero-order valence-corrected chi connectivity index (χ0v) is 14.2. The van der Waals surface area contributed by atoms with Crippen LogP contribution in [0.4, 0.5) is 0 Å². The third kappa shape index (κ3) is 3.37. The highest BCUT2D eigenvalue weighted by Gasteiger charge is 2.15. The second-order valence-electron chi connectivity index (χ2n) is 4.23. The summed E-state index contributed by atoms with van der Waals surface area (Å²) in [6.45, 7) is 4.07. The highest BCUT2D eigenvalue weighted by molar-refractivity contribution is 9.11. The number of hydrogen-bond acceptors (Lipinski definition) is 2. The van der Waals surface area contributed by atoms with E-state index < -0.39 is 0 Å². The minimum absolute atomic E-state index is 0.197. The van der Waals surface area contributed by atoms with Crippen molar-refractivity contribution in [2.45, 2.75) is 24.8 Å². The van der Waals surface area contributed by atoms with Crippen molar-refractivity contribution in [2.75, 3.05) is 0 Å². The largest absolute Gasteiger partial charge is 0.491 e. The van der Waals surface area contributed by atoms with Crippen molar-refractivity contribution >= 4 is 43.2 Å². The monoisotopic (exact) mass is 388 g/mol. The Kier molecular flexibility index (Phi) is 4.87. The van der Waals surface area contributed by atoms with Crippen molar-refractivity contribution in [1.29, 1.82) is 0 Å². The maximum absolute atomic E-state index is 5.72. The Hall–Kier alpha value is -0.320. The van der Waals surface area contributed by atoms with Crippen LogP contribution in [0.1, 0.15) is 29.1 Å². The molecular weight excluding hydrogens is 376 g/mol. The summed E-state index contributed by atoms with van der Waals surface area (Å²) < 4.78 is 6.87. The number of ether oxygens (including phenoxy) is 1. The SMILES string of the molecule is CC(C)Oc1cccc(C(Br)c2sccc2Br)c1. The quantitative estimate of drug-likeness (QED) is 0.602. The molecule has 0 aliphatic carbocycles. The van der Waals surface area contributed by atoms with Gasteiger partial charge in [-0.1, -0.05) is 28.1 Å². The van der Waals surface area contributed by atoms with Gasteiger partial charge in [-0.05, 0) is 58.9 Å². The van der Waals surface area contributed by atoms with Crippen LogP contribution in [-0.4, -0.2) is 6.10 Å². The molecule has 2 rings (SSSR count). The van der Waals surface area contributed by atoms with Gasteiger partial charge in [-0.3, -0.25) is 0 Å². The molecular formula is C14H14Br2OS. The summed E-state index contributed by atoms with van der Waals surface area (Å²) in [5.74, 6) is 0.916. The van der Waals surface area contributed by atoms with Crippen LogP contribution < -0.4 is 4.74 Å². The van der Waals surface area contributed by atoms with Gasteiger partial charge in [-0.2, -0.15) is 0 Å². The van der Waals surface area contributed by atoms with Gasteiger partial charge in [0.15, 0.2) is 0 Å². The first-order valence-electron chi connectivity index (χ1n) is 5.71. The fourth-order valence-corrected chi connectivity index (χ4v) is 4.42. The van der Waals surface area contributed by atoms with Gasteiger partial charge in [0.25, 0.3) is 0 Å². The Bertz CT molecular complexity index is 522. The molecule has 1 atom stereocenters. The van der Waals surface area contributed by atoms with Crippen molar-refractivity contribution in [1.82, 2.24) is 0 Å². The van der Waals surface area contributed by atoms with E-state index in [2.05, 4.69) is 55.4 Å². The fraction of sp³-hybridized carbons (Fsp3) is 0.286. The van der Waals surface area contributed by atoms with Crippen molar-refractivity contribution in [2.24, 2.45) is 0 Å². The van der Waals surface area contributed by atoms with Crippen molar-refractivity contribution in [3.05, 3.63) is 50.6 Å². The molecule has 2 aromatic rings. The van der Waals surface area contributed by atoms with Gasteiger partial charge in [0.05, 0.1) is 10.9 Å². The molecule has 0 bridgehead atoms. The molecule has 0 saturated heterocycles. The minimum atomic E-state index is 0.197. The first-order chi connectivity index (χ1) is 8.58. The van der Waals surface area contributed by atoms with Gasteiger partial charge >= 0.3 is 0 Å². The lowest BCUT2D eigenvalue weighted by Crippen LogP contribution is -2.05. The van der Waals surface area contributed by atoms with Gasteiger partial charge in [0.1, 0.15) is 5.75 Å². The first-order valence-corrected chi connectivity index (χ1v) is 8.30. The molecule has 0 N–H and O–H groups in total. The number of halogens is 2. The van der Waals surface area contributed by atoms with E-state index in [0.29, 0.717) is 0 Å². The number of thiophene rings is 1. The zero-order chi connectivity index (χ0) is 13.1. The summed E-state index contributed by atoms with van der Waals surface area (Å²) in [4.78, 5) is 1.47. The molecule has 1 aromatic heterocycles. The molecule has 1 nitrogen and oxygen atoms in total. The average molecular weight is 390 g/mol. The number of alkyl halides is 1. The van der Waals surface area contributed by atoms with Crippen LogP contribution in [0.15, 0.2) is 40.2 Å². The summed E-state index contributed by atoms with van der Waals surface area (Å²) in [5.41, 5.74) is 1.20. The van der Waals surface area contributed by atoms with Crippen molar-refractivity contribution in [3.8, 4) is 5.75 Å². The van der Waals surface area contributed by atoms with E-state index in [9.17, 15) is 0 Å². The fourth-order valence-electron chi connectivity index (χ4n) is 1.66. The zero-order valence-electron chi connectivity index (χ0n) is 10.2. The molecule has 96 valence electrons. The van der Waals surface area contributed by atoms with Crippen LogP contribution in [-0.2, 0) is 0 Å². The highest BCUT2D eigenvalue weighted by Crippen LogP contribution is 2.39. The molecule has 0 amide bonds. The van der Waals surface area contributed by atoms with E-state index in [0.717, 1.165) is 10.2 Å². The Morgan fingerprint density at radius 3 is 2.61 bits per heavy atom. The highest BCUT2D eigenvalue weighted by atomic mass is 79.9.